The van der Waals surface area contributed by atoms with Crippen LogP contribution in [-0.4, -0.2) is 37.7 Å². The number of pyridine rings is 1. The summed E-state index contributed by atoms with van der Waals surface area (Å²) in [6.45, 7) is 2.10. The van der Waals surface area contributed by atoms with Crippen LogP contribution >= 0.6 is 11.3 Å². The molecule has 1 amide bonds. The van der Waals surface area contributed by atoms with E-state index in [0.29, 0.717) is 22.1 Å². The molecular formula is C23H21N3O4S2. The summed E-state index contributed by atoms with van der Waals surface area (Å²) < 4.78 is 31.0. The Morgan fingerprint density at radius 3 is 2.53 bits per heavy atom. The number of thiazole rings is 1. The second kappa shape index (κ2) is 8.68. The van der Waals surface area contributed by atoms with Crippen LogP contribution in [0.15, 0.2) is 65.7 Å². The molecule has 0 aliphatic rings. The third-order valence-electron chi connectivity index (χ3n) is 4.95. The van der Waals surface area contributed by atoms with Crippen LogP contribution in [0.2, 0.25) is 0 Å². The van der Waals surface area contributed by atoms with E-state index in [1.807, 2.05) is 31.2 Å². The largest absolute Gasteiger partial charge is 0.494 e. The normalized spacial score (nSPS) is 11.5. The molecule has 164 valence electrons. The first-order chi connectivity index (χ1) is 15.3. The van der Waals surface area contributed by atoms with Gasteiger partial charge in [-0.25, -0.2) is 13.4 Å². The predicted molar refractivity (Wildman–Crippen MR) is 125 cm³/mol. The molecule has 0 aliphatic carbocycles. The van der Waals surface area contributed by atoms with Crippen LogP contribution in [-0.2, 0) is 16.4 Å². The lowest BCUT2D eigenvalue weighted by Gasteiger charge is -2.20. The number of sulfone groups is 1. The van der Waals surface area contributed by atoms with Crippen LogP contribution in [0.5, 0.6) is 5.75 Å². The summed E-state index contributed by atoms with van der Waals surface area (Å²) in [6.07, 6.45) is 2.74. The number of hydrogen-bond donors (Lipinski definition) is 0. The molecule has 0 saturated heterocycles. The Kier molecular flexibility index (Phi) is 5.94. The van der Waals surface area contributed by atoms with Gasteiger partial charge in [-0.15, -0.1) is 0 Å². The average molecular weight is 468 g/mol. The van der Waals surface area contributed by atoms with E-state index in [4.69, 9.17) is 9.72 Å². The summed E-state index contributed by atoms with van der Waals surface area (Å²) in [4.78, 5) is 24.2. The van der Waals surface area contributed by atoms with Gasteiger partial charge in [0.05, 0.1) is 34.5 Å². The monoisotopic (exact) mass is 467 g/mol. The quantitative estimate of drug-likeness (QED) is 0.421. The van der Waals surface area contributed by atoms with E-state index >= 15 is 0 Å². The Morgan fingerprint density at radius 2 is 1.84 bits per heavy atom. The second-order valence-corrected chi connectivity index (χ2v) is 10.2. The van der Waals surface area contributed by atoms with Crippen molar-refractivity contribution in [3.8, 4) is 5.75 Å². The maximum absolute atomic E-state index is 13.7. The van der Waals surface area contributed by atoms with Crippen molar-refractivity contribution in [2.75, 3.05) is 18.3 Å². The highest BCUT2D eigenvalue weighted by atomic mass is 32.2. The number of rotatable bonds is 6. The molecule has 0 atom stereocenters. The topological polar surface area (TPSA) is 89.5 Å². The average Bonchev–Trinajstić information content (AvgIpc) is 3.23. The molecule has 9 heteroatoms. The van der Waals surface area contributed by atoms with Gasteiger partial charge in [0.15, 0.2) is 15.0 Å². The lowest BCUT2D eigenvalue weighted by atomic mass is 10.2. The van der Waals surface area contributed by atoms with Gasteiger partial charge in [0.25, 0.3) is 5.91 Å². The number of ether oxygens (including phenoxy) is 1. The Morgan fingerprint density at radius 1 is 1.09 bits per heavy atom. The molecule has 0 spiro atoms. The van der Waals surface area contributed by atoms with Crippen molar-refractivity contribution in [1.29, 1.82) is 0 Å². The zero-order chi connectivity index (χ0) is 22.9. The molecule has 0 radical (unpaired) electrons. The zero-order valence-electron chi connectivity index (χ0n) is 17.8. The van der Waals surface area contributed by atoms with Gasteiger partial charge >= 0.3 is 0 Å². The van der Waals surface area contributed by atoms with Crippen LogP contribution in [0.3, 0.4) is 0 Å². The number of carbonyl (C=O) groups is 1. The van der Waals surface area contributed by atoms with Crippen LogP contribution in [0.25, 0.3) is 10.2 Å². The van der Waals surface area contributed by atoms with Crippen molar-refractivity contribution in [2.24, 2.45) is 0 Å². The molecule has 0 bridgehead atoms. The highest BCUT2D eigenvalue weighted by Gasteiger charge is 2.27. The van der Waals surface area contributed by atoms with E-state index in [1.165, 1.54) is 28.4 Å². The number of fused-ring (bicyclic) bond motifs is 1. The molecule has 4 aromatic rings. The van der Waals surface area contributed by atoms with Crippen LogP contribution < -0.4 is 9.64 Å². The minimum atomic E-state index is -3.61. The summed E-state index contributed by atoms with van der Waals surface area (Å²) in [5, 5.41) is 0.437. The molecule has 0 saturated carbocycles. The fraction of sp³-hybridized carbons (Fsp3) is 0.174. The molecule has 7 nitrogen and oxygen atoms in total. The highest BCUT2D eigenvalue weighted by molar-refractivity contribution is 7.90. The van der Waals surface area contributed by atoms with Gasteiger partial charge < -0.3 is 4.74 Å². The first kappa shape index (κ1) is 21.9. The van der Waals surface area contributed by atoms with E-state index in [1.54, 1.807) is 31.5 Å². The van der Waals surface area contributed by atoms with E-state index < -0.39 is 15.7 Å². The predicted octanol–water partition coefficient (Wildman–Crippen LogP) is 4.26. The third-order valence-corrected chi connectivity index (χ3v) is 7.32. The SMILES string of the molecule is COc1ccc(C)c2sc(N(Cc3ccccn3)C(=O)c3ccccc3S(C)(=O)=O)nc12. The molecule has 0 unspecified atom stereocenters. The summed E-state index contributed by atoms with van der Waals surface area (Å²) in [7, 11) is -2.04. The molecular weight excluding hydrogens is 446 g/mol. The molecule has 0 N–H and O–H groups in total. The Labute approximate surface area is 190 Å². The fourth-order valence-electron chi connectivity index (χ4n) is 3.37. The van der Waals surface area contributed by atoms with Gasteiger partial charge in [-0.1, -0.05) is 35.6 Å². The number of aryl methyl sites for hydroxylation is 1. The van der Waals surface area contributed by atoms with Gasteiger partial charge in [-0.2, -0.15) is 0 Å². The second-order valence-electron chi connectivity index (χ2n) is 7.24. The molecule has 4 rings (SSSR count). The Hall–Kier alpha value is -3.30. The highest BCUT2D eigenvalue weighted by Crippen LogP contribution is 2.37. The van der Waals surface area contributed by atoms with E-state index in [2.05, 4.69) is 4.98 Å². The van der Waals surface area contributed by atoms with Crippen molar-refractivity contribution in [1.82, 2.24) is 9.97 Å². The molecule has 2 aromatic carbocycles. The first-order valence-electron chi connectivity index (χ1n) is 9.74. The summed E-state index contributed by atoms with van der Waals surface area (Å²) in [5.74, 6) is 0.141. The van der Waals surface area contributed by atoms with Gasteiger partial charge in [0.2, 0.25) is 0 Å². The maximum atomic E-state index is 13.7. The van der Waals surface area contributed by atoms with E-state index in [-0.39, 0.29) is 17.0 Å². The number of nitrogens with zero attached hydrogens (tertiary/aromatic N) is 3. The number of anilines is 1. The standard InChI is InChI=1S/C23H21N3O4S2/c1-15-11-12-18(30-2)20-21(15)31-23(25-20)26(14-16-8-6-7-13-24-16)22(27)17-9-4-5-10-19(17)32(3,28)29/h4-13H,14H2,1-3H3. The van der Waals surface area contributed by atoms with Crippen molar-refractivity contribution < 1.29 is 17.9 Å². The maximum Gasteiger partial charge on any atom is 0.261 e. The van der Waals surface area contributed by atoms with Crippen molar-refractivity contribution in [3.63, 3.8) is 0 Å². The number of carbonyl (C=O) groups excluding carboxylic acids is 1. The molecule has 2 aromatic heterocycles. The van der Waals surface area contributed by atoms with Gasteiger partial charge in [-0.05, 0) is 42.8 Å². The minimum absolute atomic E-state index is 0.0223. The molecule has 32 heavy (non-hydrogen) atoms. The first-order valence-corrected chi connectivity index (χ1v) is 12.5. The van der Waals surface area contributed by atoms with Gasteiger partial charge in [0.1, 0.15) is 11.3 Å². The lowest BCUT2D eigenvalue weighted by Crippen LogP contribution is -2.31. The van der Waals surface area contributed by atoms with Crippen molar-refractivity contribution >= 4 is 42.4 Å². The molecule has 2 heterocycles. The van der Waals surface area contributed by atoms with Crippen LogP contribution in [0.1, 0.15) is 21.6 Å². The summed E-state index contributed by atoms with van der Waals surface area (Å²) in [5.41, 5.74) is 2.41. The Bertz CT molecular complexity index is 1400. The number of aromatic nitrogens is 2. The lowest BCUT2D eigenvalue weighted by molar-refractivity contribution is 0.0981. The fourth-order valence-corrected chi connectivity index (χ4v) is 5.30. The molecule has 0 aliphatic heterocycles. The molecule has 0 fully saturated rings. The van der Waals surface area contributed by atoms with Crippen LogP contribution in [0, 0.1) is 6.92 Å². The van der Waals surface area contributed by atoms with Crippen molar-refractivity contribution in [2.45, 2.75) is 18.4 Å². The van der Waals surface area contributed by atoms with Crippen molar-refractivity contribution in [3.05, 3.63) is 77.6 Å². The third kappa shape index (κ3) is 4.21. The minimum Gasteiger partial charge on any atom is -0.494 e. The number of amides is 1. The van der Waals surface area contributed by atoms with E-state index in [9.17, 15) is 13.2 Å². The van der Waals surface area contributed by atoms with E-state index in [0.717, 1.165) is 16.5 Å². The number of benzene rings is 2. The summed E-state index contributed by atoms with van der Waals surface area (Å²) >= 11 is 1.35. The smallest absolute Gasteiger partial charge is 0.261 e. The zero-order valence-corrected chi connectivity index (χ0v) is 19.4. The number of hydrogen-bond acceptors (Lipinski definition) is 7. The number of methoxy groups -OCH3 is 1. The Balaban J connectivity index is 1.89. The van der Waals surface area contributed by atoms with Crippen LogP contribution in [0.4, 0.5) is 5.13 Å². The summed E-state index contributed by atoms with van der Waals surface area (Å²) in [6, 6.07) is 15.4. The van der Waals surface area contributed by atoms with Gasteiger partial charge in [-0.3, -0.25) is 14.7 Å². The van der Waals surface area contributed by atoms with Gasteiger partial charge in [0, 0.05) is 12.5 Å².